The van der Waals surface area contributed by atoms with Crippen LogP contribution in [0.3, 0.4) is 0 Å². The van der Waals surface area contributed by atoms with Gasteiger partial charge >= 0.3 is 5.97 Å². The SMILES string of the molecule is CCOC(=O)[C@@H]1C(CC)(c2ccccc2)[C@@]12C[C@@H]2C. The summed E-state index contributed by atoms with van der Waals surface area (Å²) in [5.74, 6) is 0.724. The van der Waals surface area contributed by atoms with Gasteiger partial charge in [0, 0.05) is 5.41 Å². The Morgan fingerprint density at radius 3 is 2.42 bits per heavy atom. The van der Waals surface area contributed by atoms with Crippen molar-refractivity contribution in [1.29, 1.82) is 0 Å². The van der Waals surface area contributed by atoms with Gasteiger partial charge in [0.15, 0.2) is 0 Å². The van der Waals surface area contributed by atoms with Gasteiger partial charge in [0.1, 0.15) is 0 Å². The molecule has 1 unspecified atom stereocenters. The number of ether oxygens (including phenoxy) is 1. The van der Waals surface area contributed by atoms with E-state index in [4.69, 9.17) is 4.74 Å². The molecule has 1 aromatic carbocycles. The van der Waals surface area contributed by atoms with Crippen molar-refractivity contribution >= 4 is 5.97 Å². The van der Waals surface area contributed by atoms with Crippen LogP contribution in [-0.2, 0) is 14.9 Å². The standard InChI is InChI=1S/C17H22O2/c1-4-16(13-9-7-6-8-10-13)14(15(18)19-5-2)17(16)11-12(17)3/h6-10,12,14H,4-5,11H2,1-3H3/t12-,14+,16?,17+/m0/s1. The average molecular weight is 258 g/mol. The second-order valence-electron chi connectivity index (χ2n) is 6.02. The molecular weight excluding hydrogens is 236 g/mol. The zero-order valence-electron chi connectivity index (χ0n) is 12.0. The molecule has 0 N–H and O–H groups in total. The van der Waals surface area contributed by atoms with Gasteiger partial charge in [0.2, 0.25) is 0 Å². The van der Waals surface area contributed by atoms with E-state index in [1.165, 1.54) is 12.0 Å². The predicted octanol–water partition coefficient (Wildman–Crippen LogP) is 3.55. The predicted molar refractivity (Wildman–Crippen MR) is 74.7 cm³/mol. The number of carbonyl (C=O) groups is 1. The lowest BCUT2D eigenvalue weighted by molar-refractivity contribution is -0.145. The van der Waals surface area contributed by atoms with Crippen LogP contribution in [0.5, 0.6) is 0 Å². The lowest BCUT2D eigenvalue weighted by atomic mass is 9.87. The number of benzene rings is 1. The third-order valence-corrected chi connectivity index (χ3v) is 5.49. The molecule has 0 saturated heterocycles. The monoisotopic (exact) mass is 258 g/mol. The maximum Gasteiger partial charge on any atom is 0.310 e. The Labute approximate surface area is 115 Å². The molecule has 2 aliphatic carbocycles. The van der Waals surface area contributed by atoms with Crippen LogP contribution in [0.15, 0.2) is 30.3 Å². The zero-order valence-corrected chi connectivity index (χ0v) is 12.0. The number of esters is 1. The molecule has 4 atom stereocenters. The molecule has 102 valence electrons. The lowest BCUT2D eigenvalue weighted by Gasteiger charge is -2.16. The summed E-state index contributed by atoms with van der Waals surface area (Å²) in [6.45, 7) is 6.85. The fourth-order valence-electron chi connectivity index (χ4n) is 4.64. The molecule has 2 nitrogen and oxygen atoms in total. The van der Waals surface area contributed by atoms with E-state index < -0.39 is 0 Å². The molecule has 0 amide bonds. The Balaban J connectivity index is 2.00. The van der Waals surface area contributed by atoms with E-state index in [1.54, 1.807) is 0 Å². The minimum Gasteiger partial charge on any atom is -0.466 e. The summed E-state index contributed by atoms with van der Waals surface area (Å²) in [5.41, 5.74) is 1.54. The van der Waals surface area contributed by atoms with Gasteiger partial charge in [-0.15, -0.1) is 0 Å². The van der Waals surface area contributed by atoms with E-state index in [2.05, 4.69) is 38.1 Å². The molecule has 2 heteroatoms. The second-order valence-corrected chi connectivity index (χ2v) is 6.02. The van der Waals surface area contributed by atoms with Crippen molar-refractivity contribution in [2.75, 3.05) is 6.61 Å². The first-order valence-corrected chi connectivity index (χ1v) is 7.37. The maximum atomic E-state index is 12.3. The van der Waals surface area contributed by atoms with Crippen molar-refractivity contribution in [3.8, 4) is 0 Å². The van der Waals surface area contributed by atoms with Crippen molar-refractivity contribution in [1.82, 2.24) is 0 Å². The quantitative estimate of drug-likeness (QED) is 0.772. The topological polar surface area (TPSA) is 26.3 Å². The van der Waals surface area contributed by atoms with Crippen LogP contribution in [0.1, 0.15) is 39.2 Å². The van der Waals surface area contributed by atoms with Crippen LogP contribution in [0.4, 0.5) is 0 Å². The molecule has 1 spiro atoms. The van der Waals surface area contributed by atoms with Crippen molar-refractivity contribution in [3.63, 3.8) is 0 Å². The number of carbonyl (C=O) groups excluding carboxylic acids is 1. The molecule has 2 saturated carbocycles. The number of rotatable bonds is 4. The molecule has 0 radical (unpaired) electrons. The molecule has 0 aromatic heterocycles. The minimum atomic E-state index is 0.0116. The van der Waals surface area contributed by atoms with Crippen molar-refractivity contribution in [3.05, 3.63) is 35.9 Å². The Morgan fingerprint density at radius 1 is 1.32 bits per heavy atom. The van der Waals surface area contributed by atoms with Crippen molar-refractivity contribution in [2.45, 2.75) is 39.0 Å². The maximum absolute atomic E-state index is 12.3. The zero-order chi connectivity index (χ0) is 13.7. The smallest absolute Gasteiger partial charge is 0.310 e. The first-order chi connectivity index (χ1) is 9.15. The van der Waals surface area contributed by atoms with Gasteiger partial charge < -0.3 is 4.74 Å². The normalized spacial score (nSPS) is 39.1. The van der Waals surface area contributed by atoms with E-state index >= 15 is 0 Å². The highest BCUT2D eigenvalue weighted by Gasteiger charge is 2.87. The fraction of sp³-hybridized carbons (Fsp3) is 0.588. The third kappa shape index (κ3) is 1.40. The molecule has 2 fully saturated rings. The molecule has 3 rings (SSSR count). The van der Waals surface area contributed by atoms with E-state index in [1.807, 2.05) is 13.0 Å². The summed E-state index contributed by atoms with van der Waals surface area (Å²) < 4.78 is 5.33. The third-order valence-electron chi connectivity index (χ3n) is 5.49. The average Bonchev–Trinajstić information content (AvgIpc) is 3.26. The Kier molecular flexibility index (Phi) is 2.74. The first-order valence-electron chi connectivity index (χ1n) is 7.37. The van der Waals surface area contributed by atoms with E-state index in [0.29, 0.717) is 12.5 Å². The van der Waals surface area contributed by atoms with E-state index in [9.17, 15) is 4.79 Å². The van der Waals surface area contributed by atoms with Crippen LogP contribution in [-0.4, -0.2) is 12.6 Å². The Bertz CT molecular complexity index is 495. The Morgan fingerprint density at radius 2 is 1.95 bits per heavy atom. The molecule has 19 heavy (non-hydrogen) atoms. The number of hydrogen-bond acceptors (Lipinski definition) is 2. The highest BCUT2D eigenvalue weighted by molar-refractivity contribution is 5.83. The van der Waals surface area contributed by atoms with Crippen LogP contribution in [0.2, 0.25) is 0 Å². The summed E-state index contributed by atoms with van der Waals surface area (Å²) in [6.07, 6.45) is 2.18. The summed E-state index contributed by atoms with van der Waals surface area (Å²) in [5, 5.41) is 0. The molecular formula is C17H22O2. The van der Waals surface area contributed by atoms with Gasteiger partial charge in [-0.2, -0.15) is 0 Å². The molecule has 0 heterocycles. The van der Waals surface area contributed by atoms with Gasteiger partial charge in [0.05, 0.1) is 12.5 Å². The van der Waals surface area contributed by atoms with Gasteiger partial charge in [-0.25, -0.2) is 0 Å². The lowest BCUT2D eigenvalue weighted by Crippen LogP contribution is -2.16. The fourth-order valence-corrected chi connectivity index (χ4v) is 4.64. The molecule has 0 aliphatic heterocycles. The summed E-state index contributed by atoms with van der Waals surface area (Å²) in [6, 6.07) is 10.5. The number of hydrogen-bond donors (Lipinski definition) is 0. The Hall–Kier alpha value is -1.31. The van der Waals surface area contributed by atoms with E-state index in [0.717, 1.165) is 6.42 Å². The molecule has 1 aromatic rings. The first kappa shape index (κ1) is 12.7. The largest absolute Gasteiger partial charge is 0.466 e. The minimum absolute atomic E-state index is 0.0116. The van der Waals surface area contributed by atoms with Gasteiger partial charge in [-0.05, 0) is 36.7 Å². The van der Waals surface area contributed by atoms with Crippen LogP contribution < -0.4 is 0 Å². The van der Waals surface area contributed by atoms with Crippen LogP contribution in [0.25, 0.3) is 0 Å². The van der Waals surface area contributed by atoms with Crippen LogP contribution >= 0.6 is 0 Å². The van der Waals surface area contributed by atoms with E-state index in [-0.39, 0.29) is 22.7 Å². The highest BCUT2D eigenvalue weighted by atomic mass is 16.5. The summed E-state index contributed by atoms with van der Waals surface area (Å²) in [7, 11) is 0. The summed E-state index contributed by atoms with van der Waals surface area (Å²) in [4.78, 5) is 12.3. The second kappa shape index (κ2) is 4.09. The van der Waals surface area contributed by atoms with Gasteiger partial charge in [0.25, 0.3) is 0 Å². The molecule has 2 aliphatic rings. The van der Waals surface area contributed by atoms with Crippen LogP contribution in [0, 0.1) is 17.3 Å². The molecule has 0 bridgehead atoms. The van der Waals surface area contributed by atoms with Gasteiger partial charge in [-0.1, -0.05) is 44.2 Å². The van der Waals surface area contributed by atoms with Gasteiger partial charge in [-0.3, -0.25) is 4.79 Å². The summed E-state index contributed by atoms with van der Waals surface area (Å²) >= 11 is 0. The van der Waals surface area contributed by atoms with Crippen molar-refractivity contribution < 1.29 is 9.53 Å². The van der Waals surface area contributed by atoms with Crippen molar-refractivity contribution in [2.24, 2.45) is 17.3 Å². The highest BCUT2D eigenvalue weighted by Crippen LogP contribution is 2.86.